The zero-order valence-corrected chi connectivity index (χ0v) is 50.3. The fraction of sp³-hybridized carbons (Fsp3) is 0.404. The third-order valence-electron chi connectivity index (χ3n) is 10.9. The first-order chi connectivity index (χ1) is 35.2. The van der Waals surface area contributed by atoms with Gasteiger partial charge in [-0.05, 0) is 139 Å². The molecule has 2 heterocycles. The number of rotatable bonds is 20. The van der Waals surface area contributed by atoms with Crippen molar-refractivity contribution in [3.63, 3.8) is 0 Å². The number of hydrogen-bond acceptors (Lipinski definition) is 14. The average Bonchev–Trinajstić information content (AvgIpc) is 3.92. The van der Waals surface area contributed by atoms with Crippen LogP contribution in [0.1, 0.15) is 111 Å². The van der Waals surface area contributed by atoms with Crippen LogP contribution in [0.3, 0.4) is 0 Å². The second-order valence-corrected chi connectivity index (χ2v) is 24.7. The average molecular weight is 1170 g/mol. The molecule has 20 heteroatoms. The normalized spacial score (nSPS) is 12.1. The summed E-state index contributed by atoms with van der Waals surface area (Å²) < 4.78 is 16.2. The monoisotopic (exact) mass is 1160 g/mol. The molecule has 0 aliphatic carbocycles. The number of carbonyl (C=O) groups excluding carboxylic acids is 3. The Kier molecular flexibility index (Phi) is 26.0. The van der Waals surface area contributed by atoms with Crippen LogP contribution in [0.4, 0.5) is 10.3 Å². The van der Waals surface area contributed by atoms with Crippen LogP contribution in [0.2, 0.25) is 20.1 Å². The number of nitrogens with zero attached hydrogens (tertiary/aromatic N) is 2. The number of thiazole rings is 2. The maximum absolute atomic E-state index is 13.2. The SMILES string of the molecule is CC(C)Cc1sc(NCC(Cc2cccc(C(=O)O)c2)C(=O)OC(C)(C)C)nc1-c1ccc(Cl)c(Cl)c1.COC(=O)c1cccc(CC(CNc2nc(-c3ccc(Cl)c(Cl)c3)c(CC(C)C)s2)C(=O)OC(C)(C)C)c1.[Li+].[OH-]. The Morgan fingerprint density at radius 2 is 0.974 bits per heavy atom. The standard InChI is InChI=1S/C29H34Cl2N2O4S.C28H32Cl2N2O4S.Li.H2O/c1-17(2)12-24-25(19-10-11-22(30)23(31)15-19)33-28(38-24)32-16-21(27(35)37-29(3,4)5)14-18-8-7-9-20(13-18)26(34)36-6;1-16(2)11-23-24(18-9-10-21(29)22(30)14-18)32-27(37-23)31-15-20(26(35)36-28(3,4)5)13-17-7-6-8-19(12-17)25(33)34;;/h7-11,13,15,17,21H,12,14,16H2,1-6H3,(H,32,33);6-10,12,14,16,20H,11,13,15H2,1-5H3,(H,31,32)(H,33,34);;1H2/q;;+1;/p-1. The van der Waals surface area contributed by atoms with E-state index in [4.69, 9.17) is 70.6 Å². The molecule has 0 spiro atoms. The fourth-order valence-electron chi connectivity index (χ4n) is 7.62. The number of carboxylic acids is 1. The van der Waals surface area contributed by atoms with E-state index in [2.05, 4.69) is 38.3 Å². The van der Waals surface area contributed by atoms with Gasteiger partial charge in [-0.25, -0.2) is 19.6 Å². The molecule has 2 unspecified atom stereocenters. The molecule has 0 saturated carbocycles. The second kappa shape index (κ2) is 30.1. The van der Waals surface area contributed by atoms with Crippen molar-refractivity contribution in [2.75, 3.05) is 30.8 Å². The molecule has 0 aliphatic rings. The van der Waals surface area contributed by atoms with Gasteiger partial charge < -0.3 is 35.4 Å². The Morgan fingerprint density at radius 1 is 0.584 bits per heavy atom. The molecule has 77 heavy (non-hydrogen) atoms. The number of halogens is 4. The van der Waals surface area contributed by atoms with Crippen molar-refractivity contribution in [1.82, 2.24) is 9.97 Å². The molecule has 4 N–H and O–H groups in total. The van der Waals surface area contributed by atoms with E-state index in [-0.39, 0.29) is 48.4 Å². The van der Waals surface area contributed by atoms with Crippen LogP contribution < -0.4 is 29.5 Å². The molecule has 410 valence electrons. The van der Waals surface area contributed by atoms with Crippen molar-refractivity contribution >= 4 is 103 Å². The fourth-order valence-corrected chi connectivity index (χ4v) is 10.6. The Balaban J connectivity index is 0.000000395. The number of aromatic carboxylic acids is 1. The molecule has 0 aliphatic heterocycles. The molecule has 0 amide bonds. The summed E-state index contributed by atoms with van der Waals surface area (Å²) in [5, 5.41) is 19.3. The van der Waals surface area contributed by atoms with Gasteiger partial charge in [-0.3, -0.25) is 9.59 Å². The first-order valence-electron chi connectivity index (χ1n) is 24.5. The predicted molar refractivity (Wildman–Crippen MR) is 308 cm³/mol. The van der Waals surface area contributed by atoms with Crippen molar-refractivity contribution < 1.29 is 62.8 Å². The maximum atomic E-state index is 13.2. The largest absolute Gasteiger partial charge is 1.00 e. The molecular formula is C57H67Cl4LiN4O9S2. The first kappa shape index (κ1) is 66.6. The molecule has 2 atom stereocenters. The van der Waals surface area contributed by atoms with Crippen molar-refractivity contribution in [3.8, 4) is 22.5 Å². The summed E-state index contributed by atoms with van der Waals surface area (Å²) in [5.41, 5.74) is 4.37. The summed E-state index contributed by atoms with van der Waals surface area (Å²) >= 11 is 27.9. The van der Waals surface area contributed by atoms with Crippen LogP contribution in [0.25, 0.3) is 22.5 Å². The van der Waals surface area contributed by atoms with Gasteiger partial charge in [0.25, 0.3) is 0 Å². The molecule has 6 rings (SSSR count). The Bertz CT molecular complexity index is 2950. The van der Waals surface area contributed by atoms with Crippen LogP contribution in [-0.2, 0) is 49.5 Å². The van der Waals surface area contributed by atoms with E-state index in [9.17, 15) is 24.3 Å². The summed E-state index contributed by atoms with van der Waals surface area (Å²) in [6, 6.07) is 24.7. The van der Waals surface area contributed by atoms with Gasteiger partial charge in [-0.15, -0.1) is 22.7 Å². The van der Waals surface area contributed by atoms with Crippen LogP contribution >= 0.6 is 69.1 Å². The summed E-state index contributed by atoms with van der Waals surface area (Å²) in [6.07, 6.45) is 2.40. The number of aromatic nitrogens is 2. The molecule has 0 fully saturated rings. The number of methoxy groups -OCH3 is 1. The van der Waals surface area contributed by atoms with Gasteiger partial charge in [0.05, 0.1) is 61.6 Å². The maximum Gasteiger partial charge on any atom is 1.00 e. The molecular weight excluding hydrogens is 1100 g/mol. The Hall–Kier alpha value is -4.66. The van der Waals surface area contributed by atoms with Gasteiger partial charge in [-0.1, -0.05) is 110 Å². The van der Waals surface area contributed by atoms with Crippen LogP contribution in [-0.4, -0.2) is 75.8 Å². The number of esters is 3. The molecule has 6 aromatic rings. The van der Waals surface area contributed by atoms with Gasteiger partial charge in [0, 0.05) is 34.0 Å². The number of carboxylic acid groups (broad SMARTS) is 1. The predicted octanol–water partition coefficient (Wildman–Crippen LogP) is 12.2. The van der Waals surface area contributed by atoms with E-state index in [1.165, 1.54) is 13.2 Å². The second-order valence-electron chi connectivity index (χ2n) is 20.9. The Morgan fingerprint density at radius 3 is 1.32 bits per heavy atom. The number of nitrogens with one attached hydrogen (secondary N) is 2. The zero-order valence-electron chi connectivity index (χ0n) is 45.6. The van der Waals surface area contributed by atoms with Gasteiger partial charge in [0.1, 0.15) is 11.2 Å². The van der Waals surface area contributed by atoms with Crippen molar-refractivity contribution in [1.29, 1.82) is 0 Å². The molecule has 0 radical (unpaired) electrons. The van der Waals surface area contributed by atoms with E-state index in [1.807, 2.05) is 77.9 Å². The third-order valence-corrected chi connectivity index (χ3v) is 14.5. The van der Waals surface area contributed by atoms with Crippen molar-refractivity contribution in [3.05, 3.63) is 137 Å². The van der Waals surface area contributed by atoms with Crippen LogP contribution in [0.5, 0.6) is 0 Å². The van der Waals surface area contributed by atoms with E-state index in [0.717, 1.165) is 56.2 Å². The van der Waals surface area contributed by atoms with Gasteiger partial charge in [-0.2, -0.15) is 0 Å². The number of anilines is 2. The smallest absolute Gasteiger partial charge is 0.870 e. The Labute approximate surface area is 492 Å². The van der Waals surface area contributed by atoms with Crippen LogP contribution in [0, 0.1) is 23.7 Å². The van der Waals surface area contributed by atoms with E-state index in [1.54, 1.807) is 65.1 Å². The van der Waals surface area contributed by atoms with Crippen molar-refractivity contribution in [2.24, 2.45) is 23.7 Å². The third kappa shape index (κ3) is 21.2. The van der Waals surface area contributed by atoms with E-state index in [0.29, 0.717) is 67.1 Å². The molecule has 13 nitrogen and oxygen atoms in total. The van der Waals surface area contributed by atoms with E-state index >= 15 is 0 Å². The van der Waals surface area contributed by atoms with E-state index < -0.39 is 35.0 Å². The number of ether oxygens (including phenoxy) is 3. The van der Waals surface area contributed by atoms with Crippen LogP contribution in [0.15, 0.2) is 84.9 Å². The number of carbonyl (C=O) groups is 4. The first-order valence-corrected chi connectivity index (χ1v) is 27.7. The molecule has 0 bridgehead atoms. The molecule has 4 aromatic carbocycles. The minimum atomic E-state index is -1.01. The van der Waals surface area contributed by atoms with Crippen molar-refractivity contribution in [2.45, 2.75) is 106 Å². The zero-order chi connectivity index (χ0) is 55.4. The molecule has 0 saturated heterocycles. The topological polar surface area (TPSA) is 196 Å². The minimum Gasteiger partial charge on any atom is -0.870 e. The summed E-state index contributed by atoms with van der Waals surface area (Å²) in [4.78, 5) is 61.6. The van der Waals surface area contributed by atoms with Gasteiger partial charge in [0.2, 0.25) is 0 Å². The van der Waals surface area contributed by atoms with Gasteiger partial charge in [0.15, 0.2) is 10.3 Å². The minimum absolute atomic E-state index is 0. The summed E-state index contributed by atoms with van der Waals surface area (Å²) in [5.74, 6) is -2.31. The number of benzene rings is 4. The number of hydrogen-bond donors (Lipinski definition) is 3. The molecule has 2 aromatic heterocycles. The van der Waals surface area contributed by atoms with Gasteiger partial charge >= 0.3 is 42.7 Å². The summed E-state index contributed by atoms with van der Waals surface area (Å²) in [6.45, 7) is 20.2. The summed E-state index contributed by atoms with van der Waals surface area (Å²) in [7, 11) is 1.34. The quantitative estimate of drug-likeness (QED) is 0.0371.